The highest BCUT2D eigenvalue weighted by atomic mass is 16.2. The highest BCUT2D eigenvalue weighted by Crippen LogP contribution is 2.28. The lowest BCUT2D eigenvalue weighted by molar-refractivity contribution is -0.127. The van der Waals surface area contributed by atoms with Crippen LogP contribution in [0.1, 0.15) is 29.4 Å². The average molecular weight is 377 g/mol. The molecule has 1 atom stereocenters. The van der Waals surface area contributed by atoms with E-state index in [9.17, 15) is 9.59 Å². The SMILES string of the molecule is CC[C@H]1C(=O)NCCN1C(=O)c1cc(-c2cn(C)nc2C)nc2ccccc12. The fourth-order valence-electron chi connectivity index (χ4n) is 3.86. The summed E-state index contributed by atoms with van der Waals surface area (Å²) in [4.78, 5) is 32.2. The molecule has 4 rings (SSSR count). The van der Waals surface area contributed by atoms with Crippen LogP contribution >= 0.6 is 0 Å². The van der Waals surface area contributed by atoms with Crippen molar-refractivity contribution in [2.24, 2.45) is 7.05 Å². The molecule has 3 heterocycles. The second kappa shape index (κ2) is 7.07. The molecule has 3 aromatic rings. The van der Waals surface area contributed by atoms with Gasteiger partial charge in [-0.25, -0.2) is 4.98 Å². The normalized spacial score (nSPS) is 17.0. The van der Waals surface area contributed by atoms with Crippen LogP contribution in [0.25, 0.3) is 22.2 Å². The molecular weight excluding hydrogens is 354 g/mol. The number of carbonyl (C=O) groups is 2. The van der Waals surface area contributed by atoms with Gasteiger partial charge in [-0.2, -0.15) is 5.10 Å². The lowest BCUT2D eigenvalue weighted by Crippen LogP contribution is -2.56. The minimum absolute atomic E-state index is 0.0937. The van der Waals surface area contributed by atoms with E-state index in [1.165, 1.54) is 0 Å². The molecule has 0 radical (unpaired) electrons. The topological polar surface area (TPSA) is 80.1 Å². The van der Waals surface area contributed by atoms with E-state index in [2.05, 4.69) is 10.4 Å². The van der Waals surface area contributed by atoms with E-state index in [1.807, 2.05) is 57.4 Å². The number of piperazine rings is 1. The zero-order chi connectivity index (χ0) is 19.8. The molecule has 0 aliphatic carbocycles. The first-order valence-corrected chi connectivity index (χ1v) is 9.48. The first-order chi connectivity index (χ1) is 13.5. The van der Waals surface area contributed by atoms with Crippen LogP contribution in [-0.2, 0) is 11.8 Å². The first kappa shape index (κ1) is 18.2. The molecule has 1 aliphatic rings. The molecule has 1 fully saturated rings. The predicted molar refractivity (Wildman–Crippen MR) is 107 cm³/mol. The maximum absolute atomic E-state index is 13.5. The molecule has 144 valence electrons. The molecule has 1 N–H and O–H groups in total. The minimum Gasteiger partial charge on any atom is -0.353 e. The summed E-state index contributed by atoms with van der Waals surface area (Å²) >= 11 is 0. The zero-order valence-corrected chi connectivity index (χ0v) is 16.3. The van der Waals surface area contributed by atoms with Crippen LogP contribution in [0, 0.1) is 6.92 Å². The van der Waals surface area contributed by atoms with Crippen LogP contribution in [0.15, 0.2) is 36.5 Å². The third-order valence-electron chi connectivity index (χ3n) is 5.21. The number of carbonyl (C=O) groups excluding carboxylic acids is 2. The Kier molecular flexibility index (Phi) is 4.58. The van der Waals surface area contributed by atoms with Crippen LogP contribution < -0.4 is 5.32 Å². The summed E-state index contributed by atoms with van der Waals surface area (Å²) in [5.74, 6) is -0.230. The third-order valence-corrected chi connectivity index (χ3v) is 5.21. The van der Waals surface area contributed by atoms with Crippen molar-refractivity contribution in [1.29, 1.82) is 0 Å². The smallest absolute Gasteiger partial charge is 0.255 e. The molecule has 1 saturated heterocycles. The highest BCUT2D eigenvalue weighted by molar-refractivity contribution is 6.08. The molecule has 7 nitrogen and oxygen atoms in total. The number of hydrogen-bond acceptors (Lipinski definition) is 4. The van der Waals surface area contributed by atoms with Gasteiger partial charge in [0, 0.05) is 37.3 Å². The first-order valence-electron chi connectivity index (χ1n) is 9.48. The molecule has 0 unspecified atom stereocenters. The van der Waals surface area contributed by atoms with E-state index in [-0.39, 0.29) is 11.8 Å². The summed E-state index contributed by atoms with van der Waals surface area (Å²) < 4.78 is 1.74. The standard InChI is InChI=1S/C21H23N5O2/c1-4-19-20(27)22-9-10-26(19)21(28)15-11-18(16-12-25(3)24-13(16)2)23-17-8-6-5-7-14(15)17/h5-8,11-12,19H,4,9-10H2,1-3H3,(H,22,27)/t19-/m0/s1. The van der Waals surface area contributed by atoms with Crippen molar-refractivity contribution in [3.05, 3.63) is 47.8 Å². The average Bonchev–Trinajstić information content (AvgIpc) is 3.04. The van der Waals surface area contributed by atoms with Crippen LogP contribution in [0.4, 0.5) is 0 Å². The van der Waals surface area contributed by atoms with Gasteiger partial charge in [-0.1, -0.05) is 25.1 Å². The lowest BCUT2D eigenvalue weighted by atomic mass is 10.0. The maximum atomic E-state index is 13.5. The van der Waals surface area contributed by atoms with Crippen molar-refractivity contribution in [2.75, 3.05) is 13.1 Å². The van der Waals surface area contributed by atoms with Gasteiger partial charge in [0.2, 0.25) is 5.91 Å². The Morgan fingerprint density at radius 3 is 2.82 bits per heavy atom. The lowest BCUT2D eigenvalue weighted by Gasteiger charge is -2.34. The van der Waals surface area contributed by atoms with Gasteiger partial charge in [0.05, 0.1) is 22.5 Å². The van der Waals surface area contributed by atoms with E-state index in [0.29, 0.717) is 30.8 Å². The fraction of sp³-hybridized carbons (Fsp3) is 0.333. The molecule has 2 amide bonds. The van der Waals surface area contributed by atoms with Crippen LogP contribution in [0.3, 0.4) is 0 Å². The van der Waals surface area contributed by atoms with E-state index < -0.39 is 6.04 Å². The summed E-state index contributed by atoms with van der Waals surface area (Å²) in [6, 6.07) is 9.00. The molecule has 28 heavy (non-hydrogen) atoms. The fourth-order valence-corrected chi connectivity index (χ4v) is 3.86. The number of rotatable bonds is 3. The Morgan fingerprint density at radius 1 is 1.32 bits per heavy atom. The molecule has 0 saturated carbocycles. The van der Waals surface area contributed by atoms with Crippen LogP contribution in [0.2, 0.25) is 0 Å². The molecular formula is C21H23N5O2. The molecule has 2 aromatic heterocycles. The number of hydrogen-bond donors (Lipinski definition) is 1. The van der Waals surface area contributed by atoms with Gasteiger partial charge in [0.1, 0.15) is 6.04 Å². The van der Waals surface area contributed by atoms with Gasteiger partial charge < -0.3 is 10.2 Å². The number of aromatic nitrogens is 3. The Balaban J connectivity index is 1.87. The summed E-state index contributed by atoms with van der Waals surface area (Å²) in [7, 11) is 1.86. The van der Waals surface area contributed by atoms with Crippen molar-refractivity contribution in [1.82, 2.24) is 25.0 Å². The number of fused-ring (bicyclic) bond motifs is 1. The highest BCUT2D eigenvalue weighted by Gasteiger charge is 2.33. The van der Waals surface area contributed by atoms with Crippen LogP contribution in [0.5, 0.6) is 0 Å². The van der Waals surface area contributed by atoms with Gasteiger partial charge in [-0.3, -0.25) is 14.3 Å². The number of benzene rings is 1. The van der Waals surface area contributed by atoms with Crippen molar-refractivity contribution in [3.8, 4) is 11.3 Å². The number of para-hydroxylation sites is 1. The van der Waals surface area contributed by atoms with E-state index >= 15 is 0 Å². The molecule has 1 aromatic carbocycles. The maximum Gasteiger partial charge on any atom is 0.255 e. The second-order valence-electron chi connectivity index (χ2n) is 7.09. The van der Waals surface area contributed by atoms with Gasteiger partial charge in [-0.05, 0) is 25.5 Å². The van der Waals surface area contributed by atoms with Gasteiger partial charge >= 0.3 is 0 Å². The summed E-state index contributed by atoms with van der Waals surface area (Å²) in [5.41, 5.74) is 3.78. The molecule has 7 heteroatoms. The Bertz CT molecular complexity index is 1070. The Labute approximate surface area is 163 Å². The number of amides is 2. The van der Waals surface area contributed by atoms with Gasteiger partial charge in [-0.15, -0.1) is 0 Å². The van der Waals surface area contributed by atoms with E-state index in [0.717, 1.165) is 22.2 Å². The van der Waals surface area contributed by atoms with Crippen molar-refractivity contribution < 1.29 is 9.59 Å². The number of nitrogens with zero attached hydrogens (tertiary/aromatic N) is 4. The Hall–Kier alpha value is -3.22. The summed E-state index contributed by atoms with van der Waals surface area (Å²) in [6.07, 6.45) is 2.49. The molecule has 1 aliphatic heterocycles. The number of aryl methyl sites for hydroxylation is 2. The van der Waals surface area contributed by atoms with Crippen molar-refractivity contribution in [3.63, 3.8) is 0 Å². The van der Waals surface area contributed by atoms with Crippen molar-refractivity contribution in [2.45, 2.75) is 26.3 Å². The zero-order valence-electron chi connectivity index (χ0n) is 16.3. The third kappa shape index (κ3) is 3.02. The largest absolute Gasteiger partial charge is 0.353 e. The van der Waals surface area contributed by atoms with E-state index in [4.69, 9.17) is 4.98 Å². The van der Waals surface area contributed by atoms with Gasteiger partial charge in [0.15, 0.2) is 0 Å². The van der Waals surface area contributed by atoms with Gasteiger partial charge in [0.25, 0.3) is 5.91 Å². The monoisotopic (exact) mass is 377 g/mol. The number of pyridine rings is 1. The number of nitrogens with one attached hydrogen (secondary N) is 1. The minimum atomic E-state index is -0.447. The summed E-state index contributed by atoms with van der Waals surface area (Å²) in [5, 5.41) is 8.03. The van der Waals surface area contributed by atoms with E-state index in [1.54, 1.807) is 9.58 Å². The Morgan fingerprint density at radius 2 is 2.11 bits per heavy atom. The quantitative estimate of drug-likeness (QED) is 0.759. The predicted octanol–water partition coefficient (Wildman–Crippen LogP) is 2.29. The molecule has 0 bridgehead atoms. The summed E-state index contributed by atoms with van der Waals surface area (Å²) in [6.45, 7) is 4.82. The second-order valence-corrected chi connectivity index (χ2v) is 7.09. The van der Waals surface area contributed by atoms with Crippen LogP contribution in [-0.4, -0.2) is 50.6 Å². The van der Waals surface area contributed by atoms with Crippen molar-refractivity contribution >= 4 is 22.7 Å². The molecule has 0 spiro atoms.